The van der Waals surface area contributed by atoms with Crippen LogP contribution in [0.2, 0.25) is 0 Å². The molecule has 104 valence electrons. The van der Waals surface area contributed by atoms with Gasteiger partial charge in [0.05, 0.1) is 12.7 Å². The number of rotatable bonds is 2. The second kappa shape index (κ2) is 5.21. The molecule has 0 amide bonds. The smallest absolute Gasteiger partial charge is 0.416 e. The van der Waals surface area contributed by atoms with E-state index in [9.17, 15) is 18.0 Å². The molecule has 3 nitrogen and oxygen atoms in total. The molecule has 1 N–H and O–H groups in total. The Morgan fingerprint density at radius 3 is 2.47 bits per heavy atom. The van der Waals surface area contributed by atoms with Crippen molar-refractivity contribution >= 4 is 5.97 Å². The number of hydrogen-bond acceptors (Lipinski definition) is 3. The maximum absolute atomic E-state index is 12.4. The standard InChI is InChI=1S/C13H14F3NO2/c1-19-12(18)11-6-9(7-17-11)8-2-4-10(5-3-8)13(14,15)16/h2-5,9,11,17H,6-7H2,1H3. The minimum atomic E-state index is -4.32. The van der Waals surface area contributed by atoms with Gasteiger partial charge in [-0.25, -0.2) is 0 Å². The molecule has 2 atom stereocenters. The number of carbonyl (C=O) groups excluding carboxylic acids is 1. The van der Waals surface area contributed by atoms with Crippen molar-refractivity contribution in [2.45, 2.75) is 24.6 Å². The first-order chi connectivity index (χ1) is 8.91. The molecule has 0 saturated carbocycles. The second-order valence-corrected chi connectivity index (χ2v) is 4.54. The first-order valence-electron chi connectivity index (χ1n) is 5.90. The molecule has 0 bridgehead atoms. The van der Waals surface area contributed by atoms with E-state index >= 15 is 0 Å². The molecule has 0 radical (unpaired) electrons. The molecule has 1 heterocycles. The number of esters is 1. The van der Waals surface area contributed by atoms with Crippen molar-refractivity contribution in [2.75, 3.05) is 13.7 Å². The van der Waals surface area contributed by atoms with Gasteiger partial charge < -0.3 is 10.1 Å². The lowest BCUT2D eigenvalue weighted by Crippen LogP contribution is -2.31. The van der Waals surface area contributed by atoms with Gasteiger partial charge in [-0.1, -0.05) is 12.1 Å². The molecule has 19 heavy (non-hydrogen) atoms. The van der Waals surface area contributed by atoms with Gasteiger partial charge in [-0.15, -0.1) is 0 Å². The van der Waals surface area contributed by atoms with Crippen LogP contribution in [0.4, 0.5) is 13.2 Å². The van der Waals surface area contributed by atoms with Crippen LogP contribution < -0.4 is 5.32 Å². The first-order valence-corrected chi connectivity index (χ1v) is 5.90. The van der Waals surface area contributed by atoms with Crippen molar-refractivity contribution in [2.24, 2.45) is 0 Å². The molecule has 1 aromatic rings. The number of hydrogen-bond donors (Lipinski definition) is 1. The summed E-state index contributed by atoms with van der Waals surface area (Å²) in [5.74, 6) is -0.305. The summed E-state index contributed by atoms with van der Waals surface area (Å²) in [5, 5.41) is 3.00. The van der Waals surface area contributed by atoms with E-state index in [0.717, 1.165) is 17.7 Å². The number of alkyl halides is 3. The van der Waals surface area contributed by atoms with Gasteiger partial charge in [0.2, 0.25) is 0 Å². The van der Waals surface area contributed by atoms with Gasteiger partial charge in [0.15, 0.2) is 0 Å². The predicted molar refractivity (Wildman–Crippen MR) is 62.6 cm³/mol. The molecule has 1 aliphatic heterocycles. The van der Waals surface area contributed by atoms with E-state index < -0.39 is 11.7 Å². The van der Waals surface area contributed by atoms with Crippen LogP contribution in [0.1, 0.15) is 23.5 Å². The van der Waals surface area contributed by atoms with Crippen molar-refractivity contribution in [1.82, 2.24) is 5.32 Å². The summed E-state index contributed by atoms with van der Waals surface area (Å²) in [6.07, 6.45) is -3.78. The van der Waals surface area contributed by atoms with Crippen LogP contribution in [0.25, 0.3) is 0 Å². The van der Waals surface area contributed by atoms with E-state index in [1.165, 1.54) is 19.2 Å². The lowest BCUT2D eigenvalue weighted by molar-refractivity contribution is -0.142. The monoisotopic (exact) mass is 273 g/mol. The zero-order valence-electron chi connectivity index (χ0n) is 10.3. The maximum atomic E-state index is 12.4. The van der Waals surface area contributed by atoms with Crippen LogP contribution >= 0.6 is 0 Å². The summed E-state index contributed by atoms with van der Waals surface area (Å²) in [6.45, 7) is 0.561. The highest BCUT2D eigenvalue weighted by Gasteiger charge is 2.33. The van der Waals surface area contributed by atoms with E-state index in [1.807, 2.05) is 0 Å². The average Bonchev–Trinajstić information content (AvgIpc) is 2.86. The van der Waals surface area contributed by atoms with Crippen LogP contribution in [-0.4, -0.2) is 25.7 Å². The van der Waals surface area contributed by atoms with Crippen molar-refractivity contribution in [1.29, 1.82) is 0 Å². The fraction of sp³-hybridized carbons (Fsp3) is 0.462. The Balaban J connectivity index is 2.06. The second-order valence-electron chi connectivity index (χ2n) is 4.54. The van der Waals surface area contributed by atoms with Gasteiger partial charge in [-0.05, 0) is 30.0 Å². The van der Waals surface area contributed by atoms with E-state index in [2.05, 4.69) is 10.1 Å². The van der Waals surface area contributed by atoms with Crippen molar-refractivity contribution in [3.05, 3.63) is 35.4 Å². The zero-order chi connectivity index (χ0) is 14.0. The summed E-state index contributed by atoms with van der Waals surface area (Å²) in [7, 11) is 1.31. The molecule has 1 saturated heterocycles. The van der Waals surface area contributed by atoms with Crippen LogP contribution in [0.5, 0.6) is 0 Å². The summed E-state index contributed by atoms with van der Waals surface area (Å²) >= 11 is 0. The summed E-state index contributed by atoms with van der Waals surface area (Å²) in [4.78, 5) is 11.3. The van der Waals surface area contributed by atoms with E-state index in [-0.39, 0.29) is 17.9 Å². The third-order valence-corrected chi connectivity index (χ3v) is 3.33. The lowest BCUT2D eigenvalue weighted by atomic mass is 9.95. The Morgan fingerprint density at radius 2 is 1.95 bits per heavy atom. The zero-order valence-corrected chi connectivity index (χ0v) is 10.3. The van der Waals surface area contributed by atoms with Crippen molar-refractivity contribution in [3.63, 3.8) is 0 Å². The molecule has 0 aromatic heterocycles. The Hall–Kier alpha value is -1.56. The van der Waals surface area contributed by atoms with Crippen LogP contribution in [-0.2, 0) is 15.7 Å². The van der Waals surface area contributed by atoms with Crippen LogP contribution in [0.3, 0.4) is 0 Å². The number of nitrogens with one attached hydrogen (secondary N) is 1. The Bertz CT molecular complexity index is 456. The normalized spacial score (nSPS) is 23.4. The molecule has 2 unspecified atom stereocenters. The van der Waals surface area contributed by atoms with Gasteiger partial charge in [-0.3, -0.25) is 4.79 Å². The Morgan fingerprint density at radius 1 is 1.32 bits per heavy atom. The Labute approximate surface area is 108 Å². The van der Waals surface area contributed by atoms with Crippen LogP contribution in [0, 0.1) is 0 Å². The molecule has 1 aliphatic rings. The van der Waals surface area contributed by atoms with Gasteiger partial charge in [0, 0.05) is 6.54 Å². The van der Waals surface area contributed by atoms with E-state index in [1.54, 1.807) is 0 Å². The number of ether oxygens (including phenoxy) is 1. The Kier molecular flexibility index (Phi) is 3.80. The van der Waals surface area contributed by atoms with Gasteiger partial charge in [-0.2, -0.15) is 13.2 Å². The summed E-state index contributed by atoms with van der Waals surface area (Å²) < 4.78 is 41.9. The van der Waals surface area contributed by atoms with Gasteiger partial charge >= 0.3 is 12.1 Å². The molecular formula is C13H14F3NO2. The third kappa shape index (κ3) is 3.07. The minimum Gasteiger partial charge on any atom is -0.468 e. The van der Waals surface area contributed by atoms with Gasteiger partial charge in [0.1, 0.15) is 6.04 Å². The highest BCUT2D eigenvalue weighted by molar-refractivity contribution is 5.76. The molecule has 1 fully saturated rings. The third-order valence-electron chi connectivity index (χ3n) is 3.33. The van der Waals surface area contributed by atoms with Crippen molar-refractivity contribution < 1.29 is 22.7 Å². The molecular weight excluding hydrogens is 259 g/mol. The molecule has 0 aliphatic carbocycles. The van der Waals surface area contributed by atoms with Crippen LogP contribution in [0.15, 0.2) is 24.3 Å². The van der Waals surface area contributed by atoms with E-state index in [4.69, 9.17) is 0 Å². The van der Waals surface area contributed by atoms with Crippen molar-refractivity contribution in [3.8, 4) is 0 Å². The van der Waals surface area contributed by atoms with Gasteiger partial charge in [0.25, 0.3) is 0 Å². The van der Waals surface area contributed by atoms with E-state index in [0.29, 0.717) is 13.0 Å². The molecule has 2 rings (SSSR count). The summed E-state index contributed by atoms with van der Waals surface area (Å²) in [5.41, 5.74) is 0.138. The SMILES string of the molecule is COC(=O)C1CC(c2ccc(C(F)(F)F)cc2)CN1. The molecule has 6 heteroatoms. The number of benzene rings is 1. The first kappa shape index (κ1) is 13.9. The quantitative estimate of drug-likeness (QED) is 0.840. The fourth-order valence-electron chi connectivity index (χ4n) is 2.26. The lowest BCUT2D eigenvalue weighted by Gasteiger charge is -2.11. The number of methoxy groups -OCH3 is 1. The largest absolute Gasteiger partial charge is 0.468 e. The average molecular weight is 273 g/mol. The highest BCUT2D eigenvalue weighted by atomic mass is 19.4. The molecule has 0 spiro atoms. The maximum Gasteiger partial charge on any atom is 0.416 e. The minimum absolute atomic E-state index is 0.0337. The number of carbonyl (C=O) groups is 1. The molecule has 1 aromatic carbocycles. The fourth-order valence-corrected chi connectivity index (χ4v) is 2.26. The summed E-state index contributed by atoms with van der Waals surface area (Å²) in [6, 6.07) is 4.70. The highest BCUT2D eigenvalue weighted by Crippen LogP contribution is 2.32. The predicted octanol–water partition coefficient (Wildman–Crippen LogP) is 2.32. The topological polar surface area (TPSA) is 38.3 Å². The number of halogens is 3.